The Kier molecular flexibility index (Phi) is 6.38. The second-order valence-electron chi connectivity index (χ2n) is 4.11. The Bertz CT molecular complexity index is 676. The summed E-state index contributed by atoms with van der Waals surface area (Å²) in [6.45, 7) is -1.83. The van der Waals surface area contributed by atoms with E-state index in [4.69, 9.17) is 0 Å². The summed E-state index contributed by atoms with van der Waals surface area (Å²) in [6, 6.07) is 3.20. The summed E-state index contributed by atoms with van der Waals surface area (Å²) in [5, 5.41) is 11.0. The first-order valence-electron chi connectivity index (χ1n) is 5.74. The summed E-state index contributed by atoms with van der Waals surface area (Å²) in [5.41, 5.74) is -0.639. The van der Waals surface area contributed by atoms with Crippen LogP contribution in [0.3, 0.4) is 0 Å². The summed E-state index contributed by atoms with van der Waals surface area (Å²) < 4.78 is 62.8. The Morgan fingerprint density at radius 3 is 2.43 bits per heavy atom. The van der Waals surface area contributed by atoms with E-state index in [1.54, 1.807) is 0 Å². The molecule has 0 aliphatic rings. The van der Waals surface area contributed by atoms with Crippen molar-refractivity contribution in [3.05, 3.63) is 28.3 Å². The Morgan fingerprint density at radius 1 is 1.35 bits per heavy atom. The van der Waals surface area contributed by atoms with Gasteiger partial charge in [-0.05, 0) is 12.1 Å². The van der Waals surface area contributed by atoms with Crippen molar-refractivity contribution in [3.63, 3.8) is 0 Å². The highest BCUT2D eigenvalue weighted by molar-refractivity contribution is 7.86. The number of esters is 1. The predicted octanol–water partition coefficient (Wildman–Crippen LogP) is 1.55. The third-order valence-electron chi connectivity index (χ3n) is 2.35. The van der Waals surface area contributed by atoms with Crippen LogP contribution in [0.1, 0.15) is 0 Å². The number of rotatable bonds is 6. The predicted molar refractivity (Wildman–Crippen MR) is 73.7 cm³/mol. The maximum absolute atomic E-state index is 11.9. The van der Waals surface area contributed by atoms with Gasteiger partial charge in [0.2, 0.25) is 0 Å². The minimum atomic E-state index is -4.73. The molecule has 0 aliphatic carbocycles. The molecular weight excluding hydrogens is 363 g/mol. The minimum Gasteiger partial charge on any atom is -0.455 e. The molecule has 0 radical (unpaired) electrons. The maximum Gasteiger partial charge on any atom is 0.422 e. The number of carbonyl (C=O) groups is 1. The van der Waals surface area contributed by atoms with Crippen molar-refractivity contribution >= 4 is 33.3 Å². The Balaban J connectivity index is 2.93. The SMILES string of the molecule is CS(=O)c1ccc(S(=O)CC(=O)OCC(F)(F)F)c([N+](=O)[O-])c1. The van der Waals surface area contributed by atoms with Gasteiger partial charge in [-0.15, -0.1) is 0 Å². The summed E-state index contributed by atoms with van der Waals surface area (Å²) in [5.74, 6) is -2.37. The molecule has 0 N–H and O–H groups in total. The molecular formula is C11H10F3NO6S2. The third kappa shape index (κ3) is 6.06. The van der Waals surface area contributed by atoms with Crippen LogP contribution < -0.4 is 0 Å². The van der Waals surface area contributed by atoms with E-state index in [1.807, 2.05) is 0 Å². The van der Waals surface area contributed by atoms with Gasteiger partial charge in [-0.2, -0.15) is 13.2 Å². The summed E-state index contributed by atoms with van der Waals surface area (Å²) >= 11 is 0. The molecule has 0 aliphatic heterocycles. The summed E-state index contributed by atoms with van der Waals surface area (Å²) in [7, 11) is -3.80. The monoisotopic (exact) mass is 373 g/mol. The average molecular weight is 373 g/mol. The number of halogens is 3. The van der Waals surface area contributed by atoms with Gasteiger partial charge in [-0.3, -0.25) is 23.3 Å². The fraction of sp³-hybridized carbons (Fsp3) is 0.364. The molecule has 1 aromatic rings. The van der Waals surface area contributed by atoms with Crippen molar-refractivity contribution in [2.24, 2.45) is 0 Å². The van der Waals surface area contributed by atoms with Gasteiger partial charge in [0, 0.05) is 17.2 Å². The van der Waals surface area contributed by atoms with Gasteiger partial charge in [0.05, 0.1) is 26.5 Å². The van der Waals surface area contributed by atoms with Gasteiger partial charge < -0.3 is 4.74 Å². The molecule has 0 fully saturated rings. The van der Waals surface area contributed by atoms with E-state index in [-0.39, 0.29) is 9.79 Å². The number of nitrogens with zero attached hydrogens (tertiary/aromatic N) is 1. The van der Waals surface area contributed by atoms with Gasteiger partial charge in [0.15, 0.2) is 6.61 Å². The molecule has 7 nitrogen and oxygen atoms in total. The lowest BCUT2D eigenvalue weighted by atomic mass is 10.3. The fourth-order valence-electron chi connectivity index (χ4n) is 1.40. The van der Waals surface area contributed by atoms with Crippen LogP contribution in [0.25, 0.3) is 0 Å². The van der Waals surface area contributed by atoms with Crippen LogP contribution in [-0.4, -0.2) is 44.1 Å². The molecule has 0 saturated carbocycles. The summed E-state index contributed by atoms with van der Waals surface area (Å²) in [6.07, 6.45) is -3.44. The lowest BCUT2D eigenvalue weighted by molar-refractivity contribution is -0.388. The molecule has 0 saturated heterocycles. The van der Waals surface area contributed by atoms with Crippen LogP contribution in [0, 0.1) is 10.1 Å². The molecule has 12 heteroatoms. The zero-order valence-corrected chi connectivity index (χ0v) is 13.1. The van der Waals surface area contributed by atoms with E-state index in [0.29, 0.717) is 0 Å². The van der Waals surface area contributed by atoms with Gasteiger partial charge in [0.25, 0.3) is 5.69 Å². The van der Waals surface area contributed by atoms with Gasteiger partial charge in [-0.25, -0.2) is 0 Å². The van der Waals surface area contributed by atoms with Crippen molar-refractivity contribution in [3.8, 4) is 0 Å². The number of ether oxygens (including phenoxy) is 1. The molecule has 0 bridgehead atoms. The maximum atomic E-state index is 11.9. The van der Waals surface area contributed by atoms with Gasteiger partial charge in [0.1, 0.15) is 10.6 Å². The normalized spacial score (nSPS) is 14.1. The highest BCUT2D eigenvalue weighted by atomic mass is 32.2. The number of carbonyl (C=O) groups excluding carboxylic acids is 1. The Hall–Kier alpha value is -1.82. The van der Waals surface area contributed by atoms with Crippen LogP contribution in [0.2, 0.25) is 0 Å². The van der Waals surface area contributed by atoms with E-state index in [0.717, 1.165) is 12.1 Å². The number of hydrogen-bond donors (Lipinski definition) is 0. The Morgan fingerprint density at radius 2 is 1.96 bits per heavy atom. The molecule has 23 heavy (non-hydrogen) atoms. The van der Waals surface area contributed by atoms with Gasteiger partial charge >= 0.3 is 12.1 Å². The van der Waals surface area contributed by atoms with E-state index in [9.17, 15) is 36.5 Å². The first kappa shape index (κ1) is 19.2. The topological polar surface area (TPSA) is 104 Å². The lowest BCUT2D eigenvalue weighted by Crippen LogP contribution is -2.23. The van der Waals surface area contributed by atoms with Crippen molar-refractivity contribution in [2.75, 3.05) is 18.6 Å². The molecule has 1 rings (SSSR count). The molecule has 0 heterocycles. The fourth-order valence-corrected chi connectivity index (χ4v) is 2.98. The number of hydrogen-bond acceptors (Lipinski definition) is 6. The Labute approximate surface area is 132 Å². The lowest BCUT2D eigenvalue weighted by Gasteiger charge is -2.08. The molecule has 2 atom stereocenters. The van der Waals surface area contributed by atoms with Crippen LogP contribution in [0.15, 0.2) is 28.0 Å². The zero-order chi connectivity index (χ0) is 17.8. The van der Waals surface area contributed by atoms with Gasteiger partial charge in [-0.1, -0.05) is 0 Å². The van der Waals surface area contributed by atoms with Crippen LogP contribution in [0.4, 0.5) is 18.9 Å². The van der Waals surface area contributed by atoms with Crippen LogP contribution in [0.5, 0.6) is 0 Å². The van der Waals surface area contributed by atoms with E-state index < -0.39 is 56.7 Å². The second kappa shape index (κ2) is 7.64. The first-order chi connectivity index (χ1) is 10.5. The quantitative estimate of drug-likeness (QED) is 0.426. The van der Waals surface area contributed by atoms with Crippen LogP contribution >= 0.6 is 0 Å². The molecule has 2 unspecified atom stereocenters. The zero-order valence-electron chi connectivity index (χ0n) is 11.5. The largest absolute Gasteiger partial charge is 0.455 e. The smallest absolute Gasteiger partial charge is 0.422 e. The average Bonchev–Trinajstić information content (AvgIpc) is 2.43. The van der Waals surface area contributed by atoms with Crippen molar-refractivity contribution in [1.29, 1.82) is 0 Å². The molecule has 0 amide bonds. The number of nitro benzene ring substituents is 1. The number of nitro groups is 1. The number of benzene rings is 1. The van der Waals surface area contributed by atoms with Crippen molar-refractivity contribution in [2.45, 2.75) is 16.0 Å². The number of alkyl halides is 3. The molecule has 0 aromatic heterocycles. The van der Waals surface area contributed by atoms with Crippen LogP contribution in [-0.2, 0) is 31.1 Å². The highest BCUT2D eigenvalue weighted by Gasteiger charge is 2.30. The third-order valence-corrected chi connectivity index (χ3v) is 4.60. The van der Waals surface area contributed by atoms with Crippen molar-refractivity contribution in [1.82, 2.24) is 0 Å². The van der Waals surface area contributed by atoms with Crippen molar-refractivity contribution < 1.29 is 36.0 Å². The van der Waals surface area contributed by atoms with E-state index in [1.165, 1.54) is 12.3 Å². The first-order valence-corrected chi connectivity index (χ1v) is 8.61. The van der Waals surface area contributed by atoms with E-state index >= 15 is 0 Å². The van der Waals surface area contributed by atoms with E-state index in [2.05, 4.69) is 4.74 Å². The minimum absolute atomic E-state index is 0.108. The molecule has 1 aromatic carbocycles. The highest BCUT2D eigenvalue weighted by Crippen LogP contribution is 2.25. The summed E-state index contributed by atoms with van der Waals surface area (Å²) in [4.78, 5) is 21.0. The second-order valence-corrected chi connectivity index (χ2v) is 6.91. The molecule has 128 valence electrons. The molecule has 0 spiro atoms. The standard InChI is InChI=1S/C11H10F3NO6S2/c1-22(19)7-2-3-9(8(4-7)15(17)18)23(20)5-10(16)21-6-11(12,13)14/h2-4H,5-6H2,1H3.